The molecule has 0 saturated heterocycles. The first-order chi connectivity index (χ1) is 9.88. The molecule has 0 aromatic carbocycles. The van der Waals surface area contributed by atoms with Crippen LogP contribution in [0.3, 0.4) is 0 Å². The maximum absolute atomic E-state index is 4.65. The van der Waals surface area contributed by atoms with Crippen molar-refractivity contribution in [1.29, 1.82) is 0 Å². The van der Waals surface area contributed by atoms with Crippen LogP contribution in [0.2, 0.25) is 0 Å². The summed E-state index contributed by atoms with van der Waals surface area (Å²) < 4.78 is 0. The maximum Gasteiger partial charge on any atom is 0.128 e. The molecule has 104 valence electrons. The van der Waals surface area contributed by atoms with E-state index in [1.54, 1.807) is 4.88 Å². The summed E-state index contributed by atoms with van der Waals surface area (Å²) in [5.41, 5.74) is 2.76. The zero-order chi connectivity index (χ0) is 13.4. The molecule has 0 radical (unpaired) electrons. The molecule has 0 atom stereocenters. The van der Waals surface area contributed by atoms with Gasteiger partial charge in [0.2, 0.25) is 0 Å². The summed E-state index contributed by atoms with van der Waals surface area (Å²) in [4.78, 5) is 8.58. The molecule has 2 aliphatic rings. The molecule has 0 spiro atoms. The predicted molar refractivity (Wildman–Crippen MR) is 83.2 cm³/mol. The minimum Gasteiger partial charge on any atom is -0.352 e. The number of anilines is 1. The molecular formula is C16H19N3S. The number of hydrogen-bond donors (Lipinski definition) is 1. The maximum atomic E-state index is 4.65. The van der Waals surface area contributed by atoms with Crippen molar-refractivity contribution in [1.82, 2.24) is 10.3 Å². The highest BCUT2D eigenvalue weighted by atomic mass is 32.1. The van der Waals surface area contributed by atoms with Gasteiger partial charge in [0, 0.05) is 36.8 Å². The van der Waals surface area contributed by atoms with E-state index in [0.717, 1.165) is 37.9 Å². The third kappa shape index (κ3) is 2.58. The topological polar surface area (TPSA) is 28.2 Å². The zero-order valence-corrected chi connectivity index (χ0v) is 12.3. The van der Waals surface area contributed by atoms with Crippen molar-refractivity contribution in [3.63, 3.8) is 0 Å². The van der Waals surface area contributed by atoms with Gasteiger partial charge in [-0.3, -0.25) is 0 Å². The largest absolute Gasteiger partial charge is 0.352 e. The lowest BCUT2D eigenvalue weighted by Crippen LogP contribution is -2.30. The fraction of sp³-hybridized carbons (Fsp3) is 0.438. The highest BCUT2D eigenvalue weighted by molar-refractivity contribution is 7.10. The number of thiophene rings is 1. The molecule has 0 amide bonds. The zero-order valence-electron chi connectivity index (χ0n) is 11.5. The van der Waals surface area contributed by atoms with Crippen LogP contribution in [0.15, 0.2) is 29.8 Å². The number of pyridine rings is 1. The molecular weight excluding hydrogens is 266 g/mol. The molecule has 0 unspecified atom stereocenters. The summed E-state index contributed by atoms with van der Waals surface area (Å²) in [6, 6.07) is 7.39. The molecule has 1 aliphatic carbocycles. The SMILES string of the molecule is c1cc2c(s1)CCN(c1ccc(CNC3CC3)cn1)C2. The second-order valence-electron chi connectivity index (χ2n) is 5.72. The fourth-order valence-electron chi connectivity index (χ4n) is 2.70. The summed E-state index contributed by atoms with van der Waals surface area (Å²) in [6.45, 7) is 3.04. The highest BCUT2D eigenvalue weighted by Gasteiger charge is 2.20. The summed E-state index contributed by atoms with van der Waals surface area (Å²) >= 11 is 1.88. The molecule has 2 aromatic rings. The van der Waals surface area contributed by atoms with Crippen molar-refractivity contribution in [2.45, 2.75) is 38.4 Å². The van der Waals surface area contributed by atoms with Crippen molar-refractivity contribution in [2.75, 3.05) is 11.4 Å². The third-order valence-electron chi connectivity index (χ3n) is 4.11. The van der Waals surface area contributed by atoms with Crippen LogP contribution in [0, 0.1) is 0 Å². The van der Waals surface area contributed by atoms with E-state index in [1.807, 2.05) is 17.5 Å². The van der Waals surface area contributed by atoms with Crippen LogP contribution in [0.4, 0.5) is 5.82 Å². The van der Waals surface area contributed by atoms with E-state index in [-0.39, 0.29) is 0 Å². The van der Waals surface area contributed by atoms with Crippen LogP contribution in [-0.4, -0.2) is 17.6 Å². The van der Waals surface area contributed by atoms with Gasteiger partial charge in [0.15, 0.2) is 0 Å². The average molecular weight is 285 g/mol. The lowest BCUT2D eigenvalue weighted by molar-refractivity contribution is 0.684. The summed E-state index contributed by atoms with van der Waals surface area (Å²) in [7, 11) is 0. The Balaban J connectivity index is 1.43. The Labute approximate surface area is 123 Å². The highest BCUT2D eigenvalue weighted by Crippen LogP contribution is 2.27. The van der Waals surface area contributed by atoms with Gasteiger partial charge in [0.05, 0.1) is 0 Å². The van der Waals surface area contributed by atoms with Gasteiger partial charge in [0.1, 0.15) is 5.82 Å². The first-order valence-electron chi connectivity index (χ1n) is 7.37. The van der Waals surface area contributed by atoms with E-state index in [9.17, 15) is 0 Å². The predicted octanol–water partition coefficient (Wildman–Crippen LogP) is 2.96. The van der Waals surface area contributed by atoms with Crippen LogP contribution in [0.1, 0.15) is 28.8 Å². The minimum atomic E-state index is 0.758. The van der Waals surface area contributed by atoms with Crippen molar-refractivity contribution < 1.29 is 0 Å². The van der Waals surface area contributed by atoms with Crippen LogP contribution < -0.4 is 10.2 Å². The van der Waals surface area contributed by atoms with Gasteiger partial charge in [-0.05, 0) is 47.9 Å². The summed E-state index contributed by atoms with van der Waals surface area (Å²) in [5, 5.41) is 5.73. The third-order valence-corrected chi connectivity index (χ3v) is 5.14. The second kappa shape index (κ2) is 5.19. The Morgan fingerprint density at radius 2 is 2.25 bits per heavy atom. The van der Waals surface area contributed by atoms with Crippen LogP contribution in [-0.2, 0) is 19.5 Å². The number of nitrogens with one attached hydrogen (secondary N) is 1. The van der Waals surface area contributed by atoms with Gasteiger partial charge < -0.3 is 10.2 Å². The number of rotatable bonds is 4. The molecule has 1 fully saturated rings. The van der Waals surface area contributed by atoms with E-state index in [0.29, 0.717) is 0 Å². The molecule has 20 heavy (non-hydrogen) atoms. The first kappa shape index (κ1) is 12.4. The van der Waals surface area contributed by atoms with Gasteiger partial charge >= 0.3 is 0 Å². The Morgan fingerprint density at radius 3 is 3.05 bits per heavy atom. The van der Waals surface area contributed by atoms with E-state index in [1.165, 1.54) is 24.0 Å². The van der Waals surface area contributed by atoms with Crippen LogP contribution in [0.25, 0.3) is 0 Å². The first-order valence-corrected chi connectivity index (χ1v) is 8.25. The lowest BCUT2D eigenvalue weighted by Gasteiger charge is -2.28. The lowest BCUT2D eigenvalue weighted by atomic mass is 10.1. The Morgan fingerprint density at radius 1 is 1.30 bits per heavy atom. The van der Waals surface area contributed by atoms with Crippen LogP contribution in [0.5, 0.6) is 0 Å². The molecule has 2 aromatic heterocycles. The quantitative estimate of drug-likeness (QED) is 0.936. The number of nitrogens with zero attached hydrogens (tertiary/aromatic N) is 2. The Kier molecular flexibility index (Phi) is 3.20. The number of aromatic nitrogens is 1. The van der Waals surface area contributed by atoms with Crippen molar-refractivity contribution in [3.8, 4) is 0 Å². The second-order valence-corrected chi connectivity index (χ2v) is 6.72. The molecule has 1 N–H and O–H groups in total. The van der Waals surface area contributed by atoms with Gasteiger partial charge in [0.25, 0.3) is 0 Å². The van der Waals surface area contributed by atoms with Gasteiger partial charge in [-0.15, -0.1) is 11.3 Å². The molecule has 0 bridgehead atoms. The monoisotopic (exact) mass is 285 g/mol. The van der Waals surface area contributed by atoms with Crippen molar-refractivity contribution in [2.24, 2.45) is 0 Å². The number of fused-ring (bicyclic) bond motifs is 1. The summed E-state index contributed by atoms with van der Waals surface area (Å²) in [5.74, 6) is 1.11. The normalized spacial score (nSPS) is 18.1. The molecule has 3 heterocycles. The van der Waals surface area contributed by atoms with E-state index >= 15 is 0 Å². The molecule has 1 aliphatic heterocycles. The van der Waals surface area contributed by atoms with Gasteiger partial charge in [-0.1, -0.05) is 6.07 Å². The van der Waals surface area contributed by atoms with Crippen molar-refractivity contribution in [3.05, 3.63) is 45.8 Å². The van der Waals surface area contributed by atoms with Gasteiger partial charge in [-0.2, -0.15) is 0 Å². The Hall–Kier alpha value is -1.39. The summed E-state index contributed by atoms with van der Waals surface area (Å²) in [6.07, 6.45) is 5.85. The van der Waals surface area contributed by atoms with E-state index in [4.69, 9.17) is 0 Å². The minimum absolute atomic E-state index is 0.758. The molecule has 4 heteroatoms. The fourth-order valence-corrected chi connectivity index (χ4v) is 3.59. The molecule has 4 rings (SSSR count). The average Bonchev–Trinajstić information content (AvgIpc) is 3.21. The molecule has 1 saturated carbocycles. The van der Waals surface area contributed by atoms with E-state index < -0.39 is 0 Å². The van der Waals surface area contributed by atoms with Gasteiger partial charge in [-0.25, -0.2) is 4.98 Å². The standard InChI is InChI=1S/C16H19N3S/c1-4-16(18-10-12(1)9-17-14-2-3-14)19-7-5-15-13(11-19)6-8-20-15/h1,4,6,8,10,14,17H,2-3,5,7,9,11H2. The number of hydrogen-bond acceptors (Lipinski definition) is 4. The van der Waals surface area contributed by atoms with Crippen LogP contribution >= 0.6 is 11.3 Å². The smallest absolute Gasteiger partial charge is 0.128 e. The van der Waals surface area contributed by atoms with Crippen molar-refractivity contribution >= 4 is 17.2 Å². The Bertz CT molecular complexity index is 586. The molecule has 3 nitrogen and oxygen atoms in total. The van der Waals surface area contributed by atoms with E-state index in [2.05, 4.69) is 38.8 Å².